The van der Waals surface area contributed by atoms with Crippen molar-refractivity contribution in [1.82, 2.24) is 4.98 Å². The lowest BCUT2D eigenvalue weighted by molar-refractivity contribution is 0.0521. The first-order valence-corrected chi connectivity index (χ1v) is 7.61. The van der Waals surface area contributed by atoms with Crippen LogP contribution in [-0.2, 0) is 4.74 Å². The van der Waals surface area contributed by atoms with Crippen LogP contribution in [0.1, 0.15) is 17.4 Å². The number of fused-ring (bicyclic) bond motifs is 1. The Morgan fingerprint density at radius 1 is 1.17 bits per heavy atom. The Balaban J connectivity index is 2.38. The van der Waals surface area contributed by atoms with Crippen LogP contribution < -0.4 is 5.73 Å². The van der Waals surface area contributed by atoms with Crippen LogP contribution in [0.3, 0.4) is 0 Å². The summed E-state index contributed by atoms with van der Waals surface area (Å²) in [6.45, 7) is 2.01. The summed E-state index contributed by atoms with van der Waals surface area (Å²) in [6, 6.07) is 14.8. The fraction of sp³-hybridized carbons (Fsp3) is 0.111. The SMILES string of the molecule is CCOC(=O)c1nc2c(Cl)cccc2c(N)c1-c1ccccc1. The van der Waals surface area contributed by atoms with Crippen molar-refractivity contribution in [3.05, 3.63) is 59.2 Å². The number of carbonyl (C=O) groups excluding carboxylic acids is 1. The van der Waals surface area contributed by atoms with Gasteiger partial charge in [0, 0.05) is 10.9 Å². The highest BCUT2D eigenvalue weighted by molar-refractivity contribution is 6.35. The first kappa shape index (κ1) is 15.3. The predicted octanol–water partition coefficient (Wildman–Crippen LogP) is 4.31. The molecule has 2 aromatic carbocycles. The van der Waals surface area contributed by atoms with E-state index >= 15 is 0 Å². The van der Waals surface area contributed by atoms with Crippen LogP contribution in [0.25, 0.3) is 22.0 Å². The Morgan fingerprint density at radius 2 is 1.91 bits per heavy atom. The van der Waals surface area contributed by atoms with Crippen molar-refractivity contribution in [3.63, 3.8) is 0 Å². The fourth-order valence-corrected chi connectivity index (χ4v) is 2.74. The number of carbonyl (C=O) groups is 1. The van der Waals surface area contributed by atoms with Gasteiger partial charge in [-0.2, -0.15) is 0 Å². The summed E-state index contributed by atoms with van der Waals surface area (Å²) in [6.07, 6.45) is 0. The van der Waals surface area contributed by atoms with E-state index in [0.717, 1.165) is 5.56 Å². The second-order valence-electron chi connectivity index (χ2n) is 4.97. The largest absolute Gasteiger partial charge is 0.461 e. The Morgan fingerprint density at radius 3 is 2.61 bits per heavy atom. The second-order valence-corrected chi connectivity index (χ2v) is 5.38. The van der Waals surface area contributed by atoms with Crippen molar-refractivity contribution in [2.24, 2.45) is 0 Å². The normalized spacial score (nSPS) is 10.7. The number of rotatable bonds is 3. The molecule has 1 aromatic heterocycles. The van der Waals surface area contributed by atoms with E-state index in [0.29, 0.717) is 27.2 Å². The summed E-state index contributed by atoms with van der Waals surface area (Å²) in [4.78, 5) is 16.8. The molecule has 0 amide bonds. The van der Waals surface area contributed by atoms with Gasteiger partial charge in [0.05, 0.1) is 22.8 Å². The number of nitrogens with zero attached hydrogens (tertiary/aromatic N) is 1. The third kappa shape index (κ3) is 2.73. The van der Waals surface area contributed by atoms with Gasteiger partial charge in [-0.05, 0) is 18.6 Å². The first-order chi connectivity index (χ1) is 11.1. The monoisotopic (exact) mass is 326 g/mol. The van der Waals surface area contributed by atoms with E-state index in [2.05, 4.69) is 4.98 Å². The zero-order valence-electron chi connectivity index (χ0n) is 12.5. The van der Waals surface area contributed by atoms with E-state index in [4.69, 9.17) is 22.1 Å². The second kappa shape index (κ2) is 6.26. The number of anilines is 1. The van der Waals surface area contributed by atoms with Crippen LogP contribution in [0.4, 0.5) is 5.69 Å². The molecule has 0 saturated carbocycles. The van der Waals surface area contributed by atoms with Crippen LogP contribution in [0.15, 0.2) is 48.5 Å². The summed E-state index contributed by atoms with van der Waals surface area (Å²) in [5, 5.41) is 1.16. The molecule has 2 N–H and O–H groups in total. The van der Waals surface area contributed by atoms with E-state index < -0.39 is 5.97 Å². The van der Waals surface area contributed by atoms with Gasteiger partial charge in [0.25, 0.3) is 0 Å². The summed E-state index contributed by atoms with van der Waals surface area (Å²) in [5.41, 5.74) is 8.86. The molecular weight excluding hydrogens is 312 g/mol. The molecule has 0 atom stereocenters. The maximum Gasteiger partial charge on any atom is 0.357 e. The fourth-order valence-electron chi connectivity index (χ4n) is 2.52. The molecule has 5 heteroatoms. The van der Waals surface area contributed by atoms with Crippen LogP contribution >= 0.6 is 11.6 Å². The molecule has 3 aromatic rings. The zero-order valence-corrected chi connectivity index (χ0v) is 13.3. The Labute approximate surface area is 138 Å². The minimum atomic E-state index is -0.514. The Kier molecular flexibility index (Phi) is 4.17. The van der Waals surface area contributed by atoms with Gasteiger partial charge >= 0.3 is 5.97 Å². The van der Waals surface area contributed by atoms with Gasteiger partial charge in [-0.3, -0.25) is 0 Å². The van der Waals surface area contributed by atoms with Crippen molar-refractivity contribution >= 4 is 34.2 Å². The van der Waals surface area contributed by atoms with Gasteiger partial charge in [0.1, 0.15) is 0 Å². The van der Waals surface area contributed by atoms with E-state index in [1.807, 2.05) is 42.5 Å². The Bertz CT molecular complexity index is 879. The summed E-state index contributed by atoms with van der Waals surface area (Å²) < 4.78 is 5.13. The lowest BCUT2D eigenvalue weighted by Gasteiger charge is -2.14. The average molecular weight is 327 g/mol. The average Bonchev–Trinajstić information content (AvgIpc) is 2.56. The molecule has 0 radical (unpaired) electrons. The third-order valence-corrected chi connectivity index (χ3v) is 3.84. The summed E-state index contributed by atoms with van der Waals surface area (Å²) in [5.74, 6) is -0.514. The molecule has 0 aliphatic rings. The van der Waals surface area contributed by atoms with Crippen LogP contribution in [-0.4, -0.2) is 17.6 Å². The van der Waals surface area contributed by atoms with Gasteiger partial charge in [0.2, 0.25) is 0 Å². The molecule has 3 rings (SSSR count). The first-order valence-electron chi connectivity index (χ1n) is 7.23. The smallest absolute Gasteiger partial charge is 0.357 e. The summed E-state index contributed by atoms with van der Waals surface area (Å²) >= 11 is 6.21. The number of hydrogen-bond donors (Lipinski definition) is 1. The molecule has 4 nitrogen and oxygen atoms in total. The van der Waals surface area contributed by atoms with Crippen LogP contribution in [0.2, 0.25) is 5.02 Å². The number of pyridine rings is 1. The van der Waals surface area contributed by atoms with Crippen molar-refractivity contribution < 1.29 is 9.53 Å². The van der Waals surface area contributed by atoms with E-state index in [9.17, 15) is 4.79 Å². The number of para-hydroxylation sites is 1. The van der Waals surface area contributed by atoms with E-state index in [-0.39, 0.29) is 12.3 Å². The summed E-state index contributed by atoms with van der Waals surface area (Å²) in [7, 11) is 0. The highest BCUT2D eigenvalue weighted by atomic mass is 35.5. The molecule has 0 unspecified atom stereocenters. The van der Waals surface area contributed by atoms with Crippen molar-refractivity contribution in [2.75, 3.05) is 12.3 Å². The molecule has 1 heterocycles. The molecule has 0 aliphatic carbocycles. The number of aromatic nitrogens is 1. The third-order valence-electron chi connectivity index (χ3n) is 3.54. The van der Waals surface area contributed by atoms with Gasteiger partial charge in [-0.1, -0.05) is 54.1 Å². The van der Waals surface area contributed by atoms with Crippen LogP contribution in [0, 0.1) is 0 Å². The number of nitrogen functional groups attached to an aromatic ring is 1. The minimum Gasteiger partial charge on any atom is -0.461 e. The van der Waals surface area contributed by atoms with Crippen molar-refractivity contribution in [2.45, 2.75) is 6.92 Å². The number of esters is 1. The van der Waals surface area contributed by atoms with E-state index in [1.165, 1.54) is 0 Å². The molecule has 0 fully saturated rings. The van der Waals surface area contributed by atoms with Gasteiger partial charge in [-0.15, -0.1) is 0 Å². The minimum absolute atomic E-state index is 0.177. The molecule has 0 spiro atoms. The molecular formula is C18H15ClN2O2. The standard InChI is InChI=1S/C18H15ClN2O2/c1-2-23-18(22)17-14(11-7-4-3-5-8-11)15(20)12-9-6-10-13(19)16(12)21-17/h3-10H,2H2,1H3,(H2,20,21). The quantitative estimate of drug-likeness (QED) is 0.728. The van der Waals surface area contributed by atoms with Crippen LogP contribution in [0.5, 0.6) is 0 Å². The number of ether oxygens (including phenoxy) is 1. The molecule has 23 heavy (non-hydrogen) atoms. The van der Waals surface area contributed by atoms with E-state index in [1.54, 1.807) is 13.0 Å². The van der Waals surface area contributed by atoms with Gasteiger partial charge in [0.15, 0.2) is 5.69 Å². The molecule has 0 bridgehead atoms. The lowest BCUT2D eigenvalue weighted by Crippen LogP contribution is -2.11. The maximum absolute atomic E-state index is 12.4. The highest BCUT2D eigenvalue weighted by Crippen LogP contribution is 2.36. The number of benzene rings is 2. The van der Waals surface area contributed by atoms with Gasteiger partial charge in [-0.25, -0.2) is 9.78 Å². The molecule has 116 valence electrons. The zero-order chi connectivity index (χ0) is 16.4. The predicted molar refractivity (Wildman–Crippen MR) is 92.6 cm³/mol. The number of nitrogens with two attached hydrogens (primary N) is 1. The molecule has 0 aliphatic heterocycles. The molecule has 0 saturated heterocycles. The topological polar surface area (TPSA) is 65.2 Å². The number of halogens is 1. The lowest BCUT2D eigenvalue weighted by atomic mass is 9.99. The van der Waals surface area contributed by atoms with Crippen molar-refractivity contribution in [1.29, 1.82) is 0 Å². The highest BCUT2D eigenvalue weighted by Gasteiger charge is 2.22. The van der Waals surface area contributed by atoms with Crippen molar-refractivity contribution in [3.8, 4) is 11.1 Å². The number of hydrogen-bond acceptors (Lipinski definition) is 4. The Hall–Kier alpha value is -2.59. The maximum atomic E-state index is 12.4. The van der Waals surface area contributed by atoms with Gasteiger partial charge < -0.3 is 10.5 Å².